The quantitative estimate of drug-likeness (QED) is 0.0389. The molecule has 0 radical (unpaired) electrons. The van der Waals surface area contributed by atoms with Crippen molar-refractivity contribution in [2.24, 2.45) is 0 Å². The topological polar surface area (TPSA) is 215 Å². The Kier molecular flexibility index (Phi) is 20.1. The summed E-state index contributed by atoms with van der Waals surface area (Å²) in [4.78, 5) is 55.2. The molecule has 15 nitrogen and oxygen atoms in total. The molecule has 0 aliphatic heterocycles. The van der Waals surface area contributed by atoms with Crippen LogP contribution in [-0.2, 0) is 26.6 Å². The number of aromatic nitrogens is 2. The van der Waals surface area contributed by atoms with Gasteiger partial charge in [-0.2, -0.15) is 8.42 Å². The molecule has 107 heavy (non-hydrogen) atoms. The third kappa shape index (κ3) is 15.3. The summed E-state index contributed by atoms with van der Waals surface area (Å²) >= 11 is -2.43. The van der Waals surface area contributed by atoms with E-state index < -0.39 is 37.3 Å². The maximum absolute atomic E-state index is 14.0. The highest BCUT2D eigenvalue weighted by Crippen LogP contribution is 2.56. The van der Waals surface area contributed by atoms with Crippen LogP contribution in [0.1, 0.15) is 104 Å². The van der Waals surface area contributed by atoms with E-state index in [9.17, 15) is 40.9 Å². The first-order chi connectivity index (χ1) is 51.7. The number of ketones is 4. The van der Waals surface area contributed by atoms with Crippen molar-refractivity contribution >= 4 is 44.3 Å². The highest BCUT2D eigenvalue weighted by molar-refractivity contribution is 7.86. The van der Waals surface area contributed by atoms with Crippen LogP contribution in [-0.4, -0.2) is 54.4 Å². The monoisotopic (exact) mass is 1450 g/mol. The molecule has 1 aromatic heterocycles. The summed E-state index contributed by atoms with van der Waals surface area (Å²) in [5.74, 6) is 4.31. The number of nitrogens with zero attached hydrogens (tertiary/aromatic N) is 2. The normalized spacial score (nSPS) is 12.1. The lowest BCUT2D eigenvalue weighted by atomic mass is 9.68. The van der Waals surface area contributed by atoms with Crippen LogP contribution in [0.15, 0.2) is 326 Å². The number of aryl methyl sites for hydroxylation is 3. The first-order valence-electron chi connectivity index (χ1n) is 34.0. The van der Waals surface area contributed by atoms with Crippen molar-refractivity contribution < 1.29 is 59.9 Å². The number of carbonyl (C=O) groups excluding carboxylic acids is 4. The van der Waals surface area contributed by atoms with Crippen molar-refractivity contribution in [3.63, 3.8) is 0 Å². The lowest BCUT2D eigenvalue weighted by Crippen LogP contribution is -2.28. The minimum absolute atomic E-state index is 0.00642. The van der Waals surface area contributed by atoms with Gasteiger partial charge in [-0.15, -0.1) is 0 Å². The van der Waals surface area contributed by atoms with Crippen molar-refractivity contribution in [1.82, 2.24) is 9.55 Å². The van der Waals surface area contributed by atoms with Crippen LogP contribution in [0.5, 0.6) is 46.0 Å². The minimum atomic E-state index is -4.86. The van der Waals surface area contributed by atoms with Gasteiger partial charge in [-0.1, -0.05) is 168 Å². The van der Waals surface area contributed by atoms with E-state index in [1.807, 2.05) is 85.8 Å². The maximum Gasteiger partial charge on any atom is 0.296 e. The third-order valence-electron chi connectivity index (χ3n) is 18.5. The van der Waals surface area contributed by atoms with Gasteiger partial charge in [0.15, 0.2) is 28.2 Å². The SMILES string of the molecule is CC(=O)c1ccc(Oc2cccc(Oc3ccc(C(=O)c4ccc(-c5ccc(C)cc5C(=O)c5ccc(-n6cnc(S(=O)O)c6)c(S(=O)(=O)O)c5)cc4)cc3)c2)cc1.Cc1ccc(Oc2ccc(C3(c4ccc(Oc5ccc(C(=O)c6ccc(C)cc6)cc5)cc4)c4ccccc4-c4ccccc43)cc2)cc1. The van der Waals surface area contributed by atoms with Gasteiger partial charge in [-0.05, 0) is 218 Å². The van der Waals surface area contributed by atoms with E-state index in [1.54, 1.807) is 116 Å². The van der Waals surface area contributed by atoms with Crippen molar-refractivity contribution in [2.45, 2.75) is 43.0 Å². The molecule has 1 atom stereocenters. The molecule has 0 fully saturated rings. The number of hydrogen-bond acceptors (Lipinski definition) is 12. The van der Waals surface area contributed by atoms with E-state index in [1.165, 1.54) is 46.9 Å². The van der Waals surface area contributed by atoms with Crippen LogP contribution < -0.4 is 18.9 Å². The Morgan fingerprint density at radius 2 is 0.794 bits per heavy atom. The summed E-state index contributed by atoms with van der Waals surface area (Å²) in [5.41, 5.74) is 13.8. The van der Waals surface area contributed by atoms with Crippen LogP contribution in [0, 0.1) is 20.8 Å². The Labute approximate surface area is 620 Å². The highest BCUT2D eigenvalue weighted by atomic mass is 32.2. The first-order valence-corrected chi connectivity index (χ1v) is 36.6. The first kappa shape index (κ1) is 71.0. The summed E-state index contributed by atoms with van der Waals surface area (Å²) in [6.45, 7) is 7.39. The number of rotatable bonds is 21. The Balaban J connectivity index is 0.000000182. The van der Waals surface area contributed by atoms with E-state index in [2.05, 4.69) is 109 Å². The predicted molar refractivity (Wildman–Crippen MR) is 412 cm³/mol. The van der Waals surface area contributed by atoms with Crippen molar-refractivity contribution in [3.8, 4) is 73.9 Å². The largest absolute Gasteiger partial charge is 0.457 e. The molecule has 0 spiro atoms. The zero-order valence-electron chi connectivity index (χ0n) is 58.1. The molecule has 0 saturated heterocycles. The van der Waals surface area contributed by atoms with E-state index in [-0.39, 0.29) is 39.2 Å². The average Bonchev–Trinajstić information content (AvgIpc) is 1.55. The van der Waals surface area contributed by atoms with Crippen molar-refractivity contribution in [2.75, 3.05) is 0 Å². The van der Waals surface area contributed by atoms with Gasteiger partial charge in [0.1, 0.15) is 57.2 Å². The van der Waals surface area contributed by atoms with Gasteiger partial charge in [0.05, 0.1) is 11.1 Å². The van der Waals surface area contributed by atoms with Gasteiger partial charge in [-0.3, -0.25) is 23.7 Å². The second-order valence-corrected chi connectivity index (χ2v) is 28.0. The molecule has 15 rings (SSSR count). The summed E-state index contributed by atoms with van der Waals surface area (Å²) in [6.07, 6.45) is 2.25. The van der Waals surface area contributed by atoms with E-state index in [0.717, 1.165) is 62.7 Å². The smallest absolute Gasteiger partial charge is 0.296 e. The van der Waals surface area contributed by atoms with Crippen LogP contribution >= 0.6 is 0 Å². The molecule has 0 saturated carbocycles. The molecule has 2 N–H and O–H groups in total. The number of benzene rings is 13. The predicted octanol–water partition coefficient (Wildman–Crippen LogP) is 20.4. The van der Waals surface area contributed by atoms with E-state index in [0.29, 0.717) is 67.7 Å². The molecule has 526 valence electrons. The molecular weight excluding hydrogens is 1380 g/mol. The minimum Gasteiger partial charge on any atom is -0.457 e. The second kappa shape index (κ2) is 30.3. The zero-order valence-corrected chi connectivity index (χ0v) is 59.8. The molecule has 0 amide bonds. The Morgan fingerprint density at radius 3 is 1.24 bits per heavy atom. The number of carbonyl (C=O) groups is 4. The fraction of sp³-hybridized carbons (Fsp3) is 0.0556. The summed E-state index contributed by atoms with van der Waals surface area (Å²) < 4.78 is 81.3. The molecule has 13 aromatic carbocycles. The van der Waals surface area contributed by atoms with Crippen LogP contribution in [0.3, 0.4) is 0 Å². The van der Waals surface area contributed by atoms with Gasteiger partial charge in [-0.25, -0.2) is 9.19 Å². The summed E-state index contributed by atoms with van der Waals surface area (Å²) in [5, 5.41) is -0.233. The molecule has 0 bridgehead atoms. The number of fused-ring (bicyclic) bond motifs is 3. The van der Waals surface area contributed by atoms with Crippen molar-refractivity contribution in [1.29, 1.82) is 0 Å². The molecule has 1 aliphatic carbocycles. The van der Waals surface area contributed by atoms with Gasteiger partial charge >= 0.3 is 0 Å². The lowest BCUT2D eigenvalue weighted by Gasteiger charge is -2.34. The van der Waals surface area contributed by atoms with Crippen molar-refractivity contribution in [3.05, 3.63) is 394 Å². The Hall–Kier alpha value is -13.0. The van der Waals surface area contributed by atoms with Gasteiger partial charge in [0, 0.05) is 51.2 Å². The molecule has 14 aromatic rings. The number of ether oxygens (including phenoxy) is 4. The summed E-state index contributed by atoms with van der Waals surface area (Å²) in [7, 11) is -4.86. The second-order valence-electron chi connectivity index (χ2n) is 25.7. The van der Waals surface area contributed by atoms with Crippen LogP contribution in [0.4, 0.5) is 0 Å². The van der Waals surface area contributed by atoms with Gasteiger partial charge < -0.3 is 28.1 Å². The molecule has 1 aliphatic rings. The standard InChI is InChI=1S/C46H34O3.C44H32N2O10S2/c1-31-11-15-33(16-12-31)45(47)34-17-25-38(26-18-34)49-40-29-21-36(22-30-40)46(43-9-5-3-7-41(43)42-8-4-6-10-44(42)46)35-19-27-39(28-20-35)48-37-23-13-32(2)14-24-37;1-27-6-20-38(39(22-27)44(49)33-15-21-40(41(23-33)58(52,53)54)46-25-42(45-26-46)57(50)51)30-7-9-31(10-8-30)43(48)32-13-18-35(19-14-32)56-37-5-3-4-36(24-37)55-34-16-11-29(12-17-34)28(2)47/h3-30H,1-2H3;3-26H,1-2H3,(H,50,51)(H,52,53,54). The van der Waals surface area contributed by atoms with E-state index in [4.69, 9.17) is 18.9 Å². The number of Topliss-reactive ketones (excluding diaryl/α,β-unsaturated/α-hetero) is 1. The van der Waals surface area contributed by atoms with Gasteiger partial charge in [0.25, 0.3) is 10.1 Å². The van der Waals surface area contributed by atoms with E-state index >= 15 is 0 Å². The Bertz CT molecular complexity index is 5800. The van der Waals surface area contributed by atoms with Gasteiger partial charge in [0.2, 0.25) is 11.1 Å². The fourth-order valence-corrected chi connectivity index (χ4v) is 14.2. The Morgan fingerprint density at radius 1 is 0.402 bits per heavy atom. The molecule has 1 unspecified atom stereocenters. The molecule has 17 heteroatoms. The fourth-order valence-electron chi connectivity index (χ4n) is 13.1. The third-order valence-corrected chi connectivity index (χ3v) is 19.9. The van der Waals surface area contributed by atoms with Crippen LogP contribution in [0.25, 0.3) is 27.9 Å². The molecule has 1 heterocycles. The van der Waals surface area contributed by atoms with Crippen LogP contribution in [0.2, 0.25) is 0 Å². The zero-order chi connectivity index (χ0) is 74.5. The highest BCUT2D eigenvalue weighted by Gasteiger charge is 2.46. The number of imidazole rings is 1. The average molecular weight is 1450 g/mol. The lowest BCUT2D eigenvalue weighted by molar-refractivity contribution is 0.101. The summed E-state index contributed by atoms with van der Waals surface area (Å²) in [6, 6.07) is 93.6. The maximum atomic E-state index is 14.0. The molecular formula is C90H66N2O13S2. The number of hydrogen-bond donors (Lipinski definition) is 2.